The standard InChI is InChI=1S/C15H16BN3O3/c20-15(10-3-4-11-9-22-16(21)13(11)6-10)19-5-1-2-14-12(8-19)7-17-18-14/h3-4,6-7,21H,1-2,5,8-9H2,(H,17,18). The van der Waals surface area contributed by atoms with Crippen molar-refractivity contribution < 1.29 is 14.5 Å². The molecule has 112 valence electrons. The summed E-state index contributed by atoms with van der Waals surface area (Å²) >= 11 is 0. The summed E-state index contributed by atoms with van der Waals surface area (Å²) < 4.78 is 5.18. The number of nitrogens with zero attached hydrogens (tertiary/aromatic N) is 2. The maximum absolute atomic E-state index is 12.8. The highest BCUT2D eigenvalue weighted by Crippen LogP contribution is 2.19. The van der Waals surface area contributed by atoms with E-state index < -0.39 is 7.12 Å². The topological polar surface area (TPSA) is 78.5 Å². The highest BCUT2D eigenvalue weighted by Gasteiger charge is 2.29. The number of carbonyl (C=O) groups excluding carboxylic acids is 1. The van der Waals surface area contributed by atoms with Gasteiger partial charge in [0, 0.05) is 29.9 Å². The molecule has 0 saturated carbocycles. The molecule has 22 heavy (non-hydrogen) atoms. The number of H-pyrrole nitrogens is 1. The predicted octanol–water partition coefficient (Wildman–Crippen LogP) is 0.216. The van der Waals surface area contributed by atoms with Crippen LogP contribution in [0.4, 0.5) is 0 Å². The number of hydrogen-bond acceptors (Lipinski definition) is 4. The first-order valence-electron chi connectivity index (χ1n) is 7.45. The third-order valence-electron chi connectivity index (χ3n) is 4.37. The van der Waals surface area contributed by atoms with E-state index in [1.54, 1.807) is 12.3 Å². The van der Waals surface area contributed by atoms with Crippen LogP contribution in [0.5, 0.6) is 0 Å². The third kappa shape index (κ3) is 2.22. The van der Waals surface area contributed by atoms with Gasteiger partial charge in [-0.3, -0.25) is 9.89 Å². The SMILES string of the molecule is O=C(c1ccc2c(c1)B(O)OC2)N1CCCc2[nH]ncc2C1. The lowest BCUT2D eigenvalue weighted by molar-refractivity contribution is 0.0746. The Kier molecular flexibility index (Phi) is 3.24. The Morgan fingerprint density at radius 3 is 3.23 bits per heavy atom. The van der Waals surface area contributed by atoms with Crippen LogP contribution >= 0.6 is 0 Å². The average molecular weight is 297 g/mol. The fourth-order valence-electron chi connectivity index (χ4n) is 3.13. The molecule has 1 aromatic carbocycles. The molecule has 2 aliphatic heterocycles. The van der Waals surface area contributed by atoms with Gasteiger partial charge in [0.05, 0.1) is 12.8 Å². The quantitative estimate of drug-likeness (QED) is 0.738. The maximum Gasteiger partial charge on any atom is 0.491 e. The zero-order valence-electron chi connectivity index (χ0n) is 12.1. The maximum atomic E-state index is 12.8. The summed E-state index contributed by atoms with van der Waals surface area (Å²) in [4.78, 5) is 14.6. The van der Waals surface area contributed by atoms with Crippen molar-refractivity contribution in [1.82, 2.24) is 15.1 Å². The van der Waals surface area contributed by atoms with Crippen molar-refractivity contribution in [2.75, 3.05) is 6.54 Å². The van der Waals surface area contributed by atoms with Crippen LogP contribution in [0.15, 0.2) is 24.4 Å². The zero-order valence-corrected chi connectivity index (χ0v) is 12.1. The van der Waals surface area contributed by atoms with Crippen molar-refractivity contribution in [2.24, 2.45) is 0 Å². The van der Waals surface area contributed by atoms with Crippen LogP contribution in [0.25, 0.3) is 0 Å². The molecule has 3 heterocycles. The van der Waals surface area contributed by atoms with Gasteiger partial charge in [0.15, 0.2) is 0 Å². The minimum Gasteiger partial charge on any atom is -0.423 e. The van der Waals surface area contributed by atoms with Gasteiger partial charge in [0.2, 0.25) is 0 Å². The molecule has 2 N–H and O–H groups in total. The van der Waals surface area contributed by atoms with Gasteiger partial charge < -0.3 is 14.6 Å². The average Bonchev–Trinajstić information content (AvgIpc) is 3.07. The molecular weight excluding hydrogens is 281 g/mol. The molecule has 0 spiro atoms. The number of rotatable bonds is 1. The van der Waals surface area contributed by atoms with E-state index in [4.69, 9.17) is 4.65 Å². The number of amides is 1. The molecule has 0 aliphatic carbocycles. The van der Waals surface area contributed by atoms with E-state index in [0.29, 0.717) is 24.2 Å². The summed E-state index contributed by atoms with van der Waals surface area (Å²) in [6.45, 7) is 1.69. The number of benzene rings is 1. The van der Waals surface area contributed by atoms with Crippen LogP contribution in [-0.2, 0) is 24.2 Å². The number of aromatic amines is 1. The van der Waals surface area contributed by atoms with Crippen LogP contribution in [0.1, 0.15) is 33.6 Å². The van der Waals surface area contributed by atoms with Gasteiger partial charge in [-0.25, -0.2) is 0 Å². The number of aromatic nitrogens is 2. The molecule has 0 atom stereocenters. The largest absolute Gasteiger partial charge is 0.491 e. The van der Waals surface area contributed by atoms with Gasteiger partial charge in [-0.05, 0) is 36.0 Å². The molecule has 0 saturated heterocycles. The normalized spacial score (nSPS) is 17.1. The lowest BCUT2D eigenvalue weighted by atomic mass is 9.78. The molecular formula is C15H16BN3O3. The van der Waals surface area contributed by atoms with Crippen molar-refractivity contribution >= 4 is 18.5 Å². The highest BCUT2D eigenvalue weighted by molar-refractivity contribution is 6.61. The van der Waals surface area contributed by atoms with E-state index in [9.17, 15) is 9.82 Å². The van der Waals surface area contributed by atoms with Crippen molar-refractivity contribution in [3.8, 4) is 0 Å². The van der Waals surface area contributed by atoms with Crippen molar-refractivity contribution in [3.05, 3.63) is 46.8 Å². The number of aryl methyl sites for hydroxylation is 1. The number of hydrogen-bond donors (Lipinski definition) is 2. The van der Waals surface area contributed by atoms with E-state index in [1.807, 2.05) is 17.0 Å². The first kappa shape index (κ1) is 13.5. The summed E-state index contributed by atoms with van der Waals surface area (Å²) in [7, 11) is -0.924. The van der Waals surface area contributed by atoms with Crippen LogP contribution in [0.3, 0.4) is 0 Å². The highest BCUT2D eigenvalue weighted by atomic mass is 16.5. The Balaban J connectivity index is 1.61. The molecule has 7 heteroatoms. The summed E-state index contributed by atoms with van der Waals surface area (Å²) in [6.07, 6.45) is 3.62. The van der Waals surface area contributed by atoms with Crippen molar-refractivity contribution in [2.45, 2.75) is 26.0 Å². The van der Waals surface area contributed by atoms with Crippen LogP contribution in [0.2, 0.25) is 0 Å². The van der Waals surface area contributed by atoms with E-state index in [1.165, 1.54) is 0 Å². The first-order valence-corrected chi connectivity index (χ1v) is 7.45. The minimum absolute atomic E-state index is 0.0176. The predicted molar refractivity (Wildman–Crippen MR) is 80.5 cm³/mol. The monoisotopic (exact) mass is 297 g/mol. The third-order valence-corrected chi connectivity index (χ3v) is 4.37. The molecule has 2 aliphatic rings. The summed E-state index contributed by atoms with van der Waals surface area (Å²) in [5.41, 5.74) is 4.43. The second kappa shape index (κ2) is 5.26. The Morgan fingerprint density at radius 2 is 2.32 bits per heavy atom. The van der Waals surface area contributed by atoms with Gasteiger partial charge in [-0.1, -0.05) is 6.07 Å². The summed E-state index contributed by atoms with van der Waals surface area (Å²) in [6, 6.07) is 5.42. The smallest absolute Gasteiger partial charge is 0.423 e. The molecule has 0 unspecified atom stereocenters. The molecule has 6 nitrogen and oxygen atoms in total. The summed E-state index contributed by atoms with van der Waals surface area (Å²) in [5.74, 6) is -0.0176. The number of nitrogens with one attached hydrogen (secondary N) is 1. The van der Waals surface area contributed by atoms with Crippen LogP contribution in [-0.4, -0.2) is 39.7 Å². The Bertz CT molecular complexity index is 731. The first-order chi connectivity index (χ1) is 10.7. The van der Waals surface area contributed by atoms with E-state index in [0.717, 1.165) is 36.2 Å². The van der Waals surface area contributed by atoms with Gasteiger partial charge in [0.25, 0.3) is 5.91 Å². The van der Waals surface area contributed by atoms with Gasteiger partial charge >= 0.3 is 7.12 Å². The lowest BCUT2D eigenvalue weighted by Gasteiger charge is -2.20. The van der Waals surface area contributed by atoms with Crippen LogP contribution < -0.4 is 5.46 Å². The molecule has 2 aromatic rings. The molecule has 0 fully saturated rings. The van der Waals surface area contributed by atoms with Crippen LogP contribution in [0, 0.1) is 0 Å². The molecule has 0 radical (unpaired) electrons. The van der Waals surface area contributed by atoms with E-state index >= 15 is 0 Å². The Hall–Kier alpha value is -2.12. The number of fused-ring (bicyclic) bond motifs is 2. The van der Waals surface area contributed by atoms with Crippen molar-refractivity contribution in [1.29, 1.82) is 0 Å². The van der Waals surface area contributed by atoms with Gasteiger partial charge in [-0.15, -0.1) is 0 Å². The molecule has 0 bridgehead atoms. The molecule has 1 aromatic heterocycles. The minimum atomic E-state index is -0.924. The summed E-state index contributed by atoms with van der Waals surface area (Å²) in [5, 5.41) is 16.8. The van der Waals surface area contributed by atoms with Gasteiger partial charge in [0.1, 0.15) is 0 Å². The fourth-order valence-corrected chi connectivity index (χ4v) is 3.13. The Morgan fingerprint density at radius 1 is 1.41 bits per heavy atom. The van der Waals surface area contributed by atoms with Gasteiger partial charge in [-0.2, -0.15) is 5.10 Å². The second-order valence-corrected chi connectivity index (χ2v) is 5.78. The molecule has 1 amide bonds. The lowest BCUT2D eigenvalue weighted by Crippen LogP contribution is -2.33. The second-order valence-electron chi connectivity index (χ2n) is 5.78. The fraction of sp³-hybridized carbons (Fsp3) is 0.333. The zero-order chi connectivity index (χ0) is 15.1. The van der Waals surface area contributed by atoms with E-state index in [-0.39, 0.29) is 5.91 Å². The van der Waals surface area contributed by atoms with Crippen molar-refractivity contribution in [3.63, 3.8) is 0 Å². The number of carbonyl (C=O) groups is 1. The van der Waals surface area contributed by atoms with E-state index in [2.05, 4.69) is 10.2 Å². The molecule has 4 rings (SSSR count). The Labute approximate surface area is 128 Å².